The number of Topliss-reactive ketones (excluding diaryl/α,β-unsaturated/α-hetero) is 1. The summed E-state index contributed by atoms with van der Waals surface area (Å²) in [7, 11) is 0. The average molecular weight is 310 g/mol. The van der Waals surface area contributed by atoms with E-state index in [0.717, 1.165) is 0 Å². The second kappa shape index (κ2) is 7.02. The molecule has 0 aliphatic heterocycles. The molecule has 1 aliphatic carbocycles. The fourth-order valence-corrected chi connectivity index (χ4v) is 3.67. The first kappa shape index (κ1) is 15.9. The molecule has 0 radical (unpaired) electrons. The molecule has 5 nitrogen and oxygen atoms in total. The molecule has 21 heavy (non-hydrogen) atoms. The molecule has 1 saturated carbocycles. The number of esters is 1. The minimum atomic E-state index is -0.527. The first-order valence-corrected chi connectivity index (χ1v) is 8.30. The third-order valence-electron chi connectivity index (χ3n) is 3.87. The molecule has 0 aromatic carbocycles. The lowest BCUT2D eigenvalue weighted by molar-refractivity contribution is 0.0517. The maximum Gasteiger partial charge on any atom is 0.358 e. The molecule has 1 unspecified atom stereocenters. The van der Waals surface area contributed by atoms with Crippen LogP contribution in [0.4, 0.5) is 5.13 Å². The van der Waals surface area contributed by atoms with Gasteiger partial charge >= 0.3 is 5.97 Å². The van der Waals surface area contributed by atoms with Crippen molar-refractivity contribution in [2.24, 2.45) is 5.92 Å². The van der Waals surface area contributed by atoms with Crippen molar-refractivity contribution in [3.63, 3.8) is 0 Å². The molecular weight excluding hydrogens is 288 g/mol. The quantitative estimate of drug-likeness (QED) is 0.643. The monoisotopic (exact) mass is 310 g/mol. The topological polar surface area (TPSA) is 68.3 Å². The van der Waals surface area contributed by atoms with E-state index < -0.39 is 5.97 Å². The minimum absolute atomic E-state index is 0.135. The number of rotatable bonds is 6. The second-order valence-electron chi connectivity index (χ2n) is 5.45. The third kappa shape index (κ3) is 3.81. The highest BCUT2D eigenvalue weighted by Gasteiger charge is 2.25. The van der Waals surface area contributed by atoms with Crippen LogP contribution in [0.15, 0.2) is 0 Å². The van der Waals surface area contributed by atoms with Gasteiger partial charge in [0.25, 0.3) is 0 Å². The van der Waals surface area contributed by atoms with Crippen LogP contribution in [0.1, 0.15) is 66.6 Å². The van der Waals surface area contributed by atoms with Crippen molar-refractivity contribution in [1.29, 1.82) is 0 Å². The Balaban J connectivity index is 2.14. The van der Waals surface area contributed by atoms with Gasteiger partial charge in [-0.25, -0.2) is 9.78 Å². The number of nitrogens with one attached hydrogen (secondary N) is 1. The molecule has 1 aromatic heterocycles. The van der Waals surface area contributed by atoms with E-state index >= 15 is 0 Å². The van der Waals surface area contributed by atoms with E-state index in [1.807, 2.05) is 0 Å². The molecule has 1 fully saturated rings. The highest BCUT2D eigenvalue weighted by molar-refractivity contribution is 7.17. The van der Waals surface area contributed by atoms with Gasteiger partial charge in [-0.05, 0) is 32.6 Å². The Kier molecular flexibility index (Phi) is 5.33. The van der Waals surface area contributed by atoms with Crippen LogP contribution >= 0.6 is 11.3 Å². The summed E-state index contributed by atoms with van der Waals surface area (Å²) < 4.78 is 4.96. The van der Waals surface area contributed by atoms with Crippen LogP contribution in [0.5, 0.6) is 0 Å². The molecule has 1 heterocycles. The molecule has 1 atom stereocenters. The fraction of sp³-hybridized carbons (Fsp3) is 0.667. The molecule has 2 rings (SSSR count). The lowest BCUT2D eigenvalue weighted by Crippen LogP contribution is -2.23. The Hall–Kier alpha value is -1.43. The van der Waals surface area contributed by atoms with E-state index in [1.165, 1.54) is 43.9 Å². The Morgan fingerprint density at radius 2 is 2.10 bits per heavy atom. The summed E-state index contributed by atoms with van der Waals surface area (Å²) in [5.74, 6) is -0.0432. The molecule has 6 heteroatoms. The summed E-state index contributed by atoms with van der Waals surface area (Å²) in [4.78, 5) is 28.2. The molecule has 0 bridgehead atoms. The largest absolute Gasteiger partial charge is 0.461 e. The molecule has 1 N–H and O–H groups in total. The standard InChI is InChI=1S/C15H22N2O3S/c1-4-20-14(19)12-13(10(3)18)21-15(17-12)16-9(2)11-7-5-6-8-11/h9,11H,4-8H2,1-3H3,(H,16,17). The van der Waals surface area contributed by atoms with Crippen molar-refractivity contribution in [1.82, 2.24) is 4.98 Å². The number of hydrogen-bond donors (Lipinski definition) is 1. The zero-order valence-electron chi connectivity index (χ0n) is 12.8. The second-order valence-corrected chi connectivity index (χ2v) is 6.45. The maximum absolute atomic E-state index is 11.9. The minimum Gasteiger partial charge on any atom is -0.461 e. The van der Waals surface area contributed by atoms with Crippen LogP contribution in [-0.4, -0.2) is 29.4 Å². The lowest BCUT2D eigenvalue weighted by atomic mass is 10.0. The zero-order valence-corrected chi connectivity index (χ0v) is 13.6. The summed E-state index contributed by atoms with van der Waals surface area (Å²) in [5, 5.41) is 3.97. The fourth-order valence-electron chi connectivity index (χ4n) is 2.73. The third-order valence-corrected chi connectivity index (χ3v) is 4.96. The van der Waals surface area contributed by atoms with Gasteiger partial charge in [0.1, 0.15) is 4.88 Å². The number of anilines is 1. The number of ketones is 1. The first-order valence-electron chi connectivity index (χ1n) is 7.48. The van der Waals surface area contributed by atoms with Gasteiger partial charge in [0, 0.05) is 13.0 Å². The number of aromatic nitrogens is 1. The predicted octanol–water partition coefficient (Wildman–Crippen LogP) is 3.51. The van der Waals surface area contributed by atoms with Crippen LogP contribution < -0.4 is 5.32 Å². The van der Waals surface area contributed by atoms with Crippen LogP contribution in [0.25, 0.3) is 0 Å². The van der Waals surface area contributed by atoms with Gasteiger partial charge in [0.05, 0.1) is 6.61 Å². The molecule has 0 amide bonds. The Morgan fingerprint density at radius 1 is 1.43 bits per heavy atom. The van der Waals surface area contributed by atoms with E-state index in [0.29, 0.717) is 22.0 Å². The van der Waals surface area contributed by atoms with Gasteiger partial charge in [-0.3, -0.25) is 4.79 Å². The van der Waals surface area contributed by atoms with Gasteiger partial charge in [-0.2, -0.15) is 0 Å². The van der Waals surface area contributed by atoms with E-state index in [-0.39, 0.29) is 18.1 Å². The summed E-state index contributed by atoms with van der Waals surface area (Å²) in [6.45, 7) is 5.59. The normalized spacial score (nSPS) is 16.7. The van der Waals surface area contributed by atoms with Crippen molar-refractivity contribution >= 4 is 28.2 Å². The van der Waals surface area contributed by atoms with Gasteiger partial charge < -0.3 is 10.1 Å². The number of carbonyl (C=O) groups excluding carboxylic acids is 2. The van der Waals surface area contributed by atoms with Crippen LogP contribution in [0, 0.1) is 5.92 Å². The highest BCUT2D eigenvalue weighted by Crippen LogP contribution is 2.31. The number of hydrogen-bond acceptors (Lipinski definition) is 6. The molecule has 0 spiro atoms. The SMILES string of the molecule is CCOC(=O)c1nc(NC(C)C2CCCC2)sc1C(C)=O. The van der Waals surface area contributed by atoms with Crippen molar-refractivity contribution in [2.75, 3.05) is 11.9 Å². The molecule has 116 valence electrons. The number of nitrogens with zero attached hydrogens (tertiary/aromatic N) is 1. The van der Waals surface area contributed by atoms with Gasteiger partial charge in [-0.15, -0.1) is 0 Å². The first-order chi connectivity index (χ1) is 10.0. The predicted molar refractivity (Wildman–Crippen MR) is 83.1 cm³/mol. The summed E-state index contributed by atoms with van der Waals surface area (Å²) in [6, 6.07) is 0.300. The van der Waals surface area contributed by atoms with Crippen LogP contribution in [-0.2, 0) is 4.74 Å². The van der Waals surface area contributed by atoms with Gasteiger partial charge in [0.2, 0.25) is 0 Å². The highest BCUT2D eigenvalue weighted by atomic mass is 32.1. The average Bonchev–Trinajstić information content (AvgIpc) is 3.07. The van der Waals surface area contributed by atoms with Crippen molar-refractivity contribution < 1.29 is 14.3 Å². The lowest BCUT2D eigenvalue weighted by Gasteiger charge is -2.19. The molecular formula is C15H22N2O3S. The Morgan fingerprint density at radius 3 is 2.67 bits per heavy atom. The number of thiazole rings is 1. The summed E-state index contributed by atoms with van der Waals surface area (Å²) in [5.41, 5.74) is 0.135. The van der Waals surface area contributed by atoms with Crippen molar-refractivity contribution in [2.45, 2.75) is 52.5 Å². The smallest absolute Gasteiger partial charge is 0.358 e. The van der Waals surface area contributed by atoms with Crippen LogP contribution in [0.3, 0.4) is 0 Å². The molecule has 0 saturated heterocycles. The van der Waals surface area contributed by atoms with E-state index in [2.05, 4.69) is 17.2 Å². The van der Waals surface area contributed by atoms with E-state index in [4.69, 9.17) is 4.74 Å². The van der Waals surface area contributed by atoms with E-state index in [1.54, 1.807) is 6.92 Å². The molecule has 1 aliphatic rings. The van der Waals surface area contributed by atoms with E-state index in [9.17, 15) is 9.59 Å². The van der Waals surface area contributed by atoms with Crippen LogP contribution in [0.2, 0.25) is 0 Å². The Bertz CT molecular complexity index is 521. The maximum atomic E-state index is 11.9. The van der Waals surface area contributed by atoms with Gasteiger partial charge in [0.15, 0.2) is 16.6 Å². The van der Waals surface area contributed by atoms with Gasteiger partial charge in [-0.1, -0.05) is 24.2 Å². The number of ether oxygens (including phenoxy) is 1. The van der Waals surface area contributed by atoms with Crippen molar-refractivity contribution in [3.8, 4) is 0 Å². The summed E-state index contributed by atoms with van der Waals surface area (Å²) in [6.07, 6.45) is 5.01. The number of carbonyl (C=O) groups is 2. The summed E-state index contributed by atoms with van der Waals surface area (Å²) >= 11 is 1.24. The zero-order chi connectivity index (χ0) is 15.4. The molecule has 1 aromatic rings. The van der Waals surface area contributed by atoms with Crippen molar-refractivity contribution in [3.05, 3.63) is 10.6 Å². The Labute approximate surface area is 129 Å².